The molecule has 0 radical (unpaired) electrons. The molecule has 132 valence electrons. The number of carbonyl (C=O) groups is 1. The summed E-state index contributed by atoms with van der Waals surface area (Å²) in [6.45, 7) is 2.43. The fraction of sp³-hybridized carbons (Fsp3) is 0.222. The van der Waals surface area contributed by atoms with Crippen LogP contribution in [0.4, 0.5) is 0 Å². The number of rotatable bonds is 6. The minimum Gasteiger partial charge on any atom is -0.457 e. The molecule has 0 aromatic heterocycles. The van der Waals surface area contributed by atoms with Crippen LogP contribution < -0.4 is 20.9 Å². The van der Waals surface area contributed by atoms with Gasteiger partial charge in [0.25, 0.3) is 5.91 Å². The van der Waals surface area contributed by atoms with Crippen molar-refractivity contribution in [2.24, 2.45) is 0 Å². The predicted octanol–water partition coefficient (Wildman–Crippen LogP) is 2.62. The number of nitrogens with one attached hydrogen (secondary N) is 3. The lowest BCUT2D eigenvalue weighted by Crippen LogP contribution is -2.49. The monoisotopic (exact) mass is 359 g/mol. The SMILES string of the molecule is COC[C@@H](C)NC(=S)NNC(=O)c1ccc(Oc2ccccc2)cc1. The molecule has 0 fully saturated rings. The Hall–Kier alpha value is -2.64. The summed E-state index contributed by atoms with van der Waals surface area (Å²) in [6, 6.07) is 16.3. The normalized spacial score (nSPS) is 11.3. The molecule has 0 heterocycles. The zero-order valence-corrected chi connectivity index (χ0v) is 14.9. The van der Waals surface area contributed by atoms with Crippen LogP contribution in [0.25, 0.3) is 0 Å². The highest BCUT2D eigenvalue weighted by atomic mass is 32.1. The molecule has 1 atom stereocenters. The van der Waals surface area contributed by atoms with Crippen molar-refractivity contribution in [2.45, 2.75) is 13.0 Å². The van der Waals surface area contributed by atoms with Crippen LogP contribution in [0.5, 0.6) is 11.5 Å². The Bertz CT molecular complexity index is 692. The van der Waals surface area contributed by atoms with Crippen LogP contribution in [0, 0.1) is 0 Å². The molecule has 25 heavy (non-hydrogen) atoms. The van der Waals surface area contributed by atoms with E-state index >= 15 is 0 Å². The van der Waals surface area contributed by atoms with Crippen LogP contribution in [-0.4, -0.2) is 30.8 Å². The zero-order chi connectivity index (χ0) is 18.1. The molecular formula is C18H21N3O3S. The van der Waals surface area contributed by atoms with E-state index in [0.717, 1.165) is 5.75 Å². The lowest BCUT2D eigenvalue weighted by molar-refractivity contribution is 0.0943. The second-order valence-electron chi connectivity index (χ2n) is 5.35. The fourth-order valence-electron chi connectivity index (χ4n) is 2.04. The Morgan fingerprint density at radius 1 is 1.04 bits per heavy atom. The first-order valence-electron chi connectivity index (χ1n) is 7.77. The van der Waals surface area contributed by atoms with Gasteiger partial charge in [0, 0.05) is 18.7 Å². The van der Waals surface area contributed by atoms with Crippen molar-refractivity contribution in [3.63, 3.8) is 0 Å². The summed E-state index contributed by atoms with van der Waals surface area (Å²) in [5.41, 5.74) is 5.69. The lowest BCUT2D eigenvalue weighted by Gasteiger charge is -2.16. The maximum absolute atomic E-state index is 12.1. The summed E-state index contributed by atoms with van der Waals surface area (Å²) in [6.07, 6.45) is 0. The minimum absolute atomic E-state index is 0.0383. The van der Waals surface area contributed by atoms with Crippen LogP contribution in [0.2, 0.25) is 0 Å². The number of methoxy groups -OCH3 is 1. The van der Waals surface area contributed by atoms with Gasteiger partial charge in [-0.2, -0.15) is 0 Å². The van der Waals surface area contributed by atoms with E-state index in [4.69, 9.17) is 21.7 Å². The van der Waals surface area contributed by atoms with Gasteiger partial charge >= 0.3 is 0 Å². The smallest absolute Gasteiger partial charge is 0.269 e. The largest absolute Gasteiger partial charge is 0.457 e. The number of ether oxygens (including phenoxy) is 2. The van der Waals surface area contributed by atoms with Gasteiger partial charge in [-0.25, -0.2) is 0 Å². The Labute approximate surface area is 152 Å². The van der Waals surface area contributed by atoms with Crippen molar-refractivity contribution in [3.8, 4) is 11.5 Å². The van der Waals surface area contributed by atoms with Crippen molar-refractivity contribution < 1.29 is 14.3 Å². The summed E-state index contributed by atoms with van der Waals surface area (Å²) in [7, 11) is 1.61. The highest BCUT2D eigenvalue weighted by Gasteiger charge is 2.08. The quantitative estimate of drug-likeness (QED) is 0.544. The van der Waals surface area contributed by atoms with Crippen LogP contribution >= 0.6 is 12.2 Å². The fourth-order valence-corrected chi connectivity index (χ4v) is 2.29. The number of para-hydroxylation sites is 1. The number of hydrazine groups is 1. The summed E-state index contributed by atoms with van der Waals surface area (Å²) in [5, 5.41) is 3.31. The lowest BCUT2D eigenvalue weighted by atomic mass is 10.2. The van der Waals surface area contributed by atoms with Gasteiger partial charge in [-0.15, -0.1) is 0 Å². The number of amides is 1. The number of thiocarbonyl (C=S) groups is 1. The van der Waals surface area contributed by atoms with Crippen molar-refractivity contribution in [1.82, 2.24) is 16.2 Å². The van der Waals surface area contributed by atoms with Gasteiger partial charge in [0.15, 0.2) is 5.11 Å². The van der Waals surface area contributed by atoms with E-state index in [-0.39, 0.29) is 11.9 Å². The molecule has 0 aliphatic rings. The third kappa shape index (κ3) is 6.40. The highest BCUT2D eigenvalue weighted by Crippen LogP contribution is 2.20. The van der Waals surface area contributed by atoms with E-state index in [2.05, 4.69) is 16.2 Å². The zero-order valence-electron chi connectivity index (χ0n) is 14.1. The van der Waals surface area contributed by atoms with Gasteiger partial charge in [-0.05, 0) is 55.5 Å². The van der Waals surface area contributed by atoms with Crippen molar-refractivity contribution in [2.75, 3.05) is 13.7 Å². The number of benzene rings is 2. The molecule has 0 saturated carbocycles. The van der Waals surface area contributed by atoms with Gasteiger partial charge in [0.05, 0.1) is 6.61 Å². The Morgan fingerprint density at radius 3 is 2.32 bits per heavy atom. The van der Waals surface area contributed by atoms with Crippen LogP contribution in [0.15, 0.2) is 54.6 Å². The third-order valence-electron chi connectivity index (χ3n) is 3.18. The van der Waals surface area contributed by atoms with Crippen LogP contribution in [0.1, 0.15) is 17.3 Å². The second kappa shape index (κ2) is 9.61. The van der Waals surface area contributed by atoms with Crippen LogP contribution in [0.3, 0.4) is 0 Å². The molecule has 0 aliphatic heterocycles. The molecule has 2 aromatic rings. The molecule has 0 aliphatic carbocycles. The van der Waals surface area contributed by atoms with Crippen molar-refractivity contribution in [3.05, 3.63) is 60.2 Å². The molecule has 7 heteroatoms. The van der Waals surface area contributed by atoms with E-state index in [0.29, 0.717) is 23.0 Å². The van der Waals surface area contributed by atoms with Crippen molar-refractivity contribution in [1.29, 1.82) is 0 Å². The molecule has 0 saturated heterocycles. The molecule has 6 nitrogen and oxygen atoms in total. The first kappa shape index (κ1) is 18.7. The molecule has 2 aromatic carbocycles. The molecule has 2 rings (SSSR count). The van der Waals surface area contributed by atoms with Gasteiger partial charge in [-0.1, -0.05) is 18.2 Å². The van der Waals surface area contributed by atoms with E-state index in [9.17, 15) is 4.79 Å². The summed E-state index contributed by atoms with van der Waals surface area (Å²) < 4.78 is 10.7. The number of hydrogen-bond acceptors (Lipinski definition) is 4. The van der Waals surface area contributed by atoms with Gasteiger partial charge < -0.3 is 14.8 Å². The van der Waals surface area contributed by atoms with Crippen LogP contribution in [-0.2, 0) is 4.74 Å². The maximum Gasteiger partial charge on any atom is 0.269 e. The third-order valence-corrected chi connectivity index (χ3v) is 3.40. The number of carbonyl (C=O) groups excluding carboxylic acids is 1. The maximum atomic E-state index is 12.1. The van der Waals surface area contributed by atoms with Crippen molar-refractivity contribution >= 4 is 23.2 Å². The van der Waals surface area contributed by atoms with E-state index < -0.39 is 0 Å². The molecule has 3 N–H and O–H groups in total. The second-order valence-corrected chi connectivity index (χ2v) is 5.76. The molecule has 0 spiro atoms. The standard InChI is InChI=1S/C18H21N3O3S/c1-13(12-23-2)19-18(25)21-20-17(22)14-8-10-16(11-9-14)24-15-6-4-3-5-7-15/h3-11,13H,12H2,1-2H3,(H,20,22)(H2,19,21,25)/t13-/m1/s1. The first-order chi connectivity index (χ1) is 12.1. The van der Waals surface area contributed by atoms with E-state index in [1.165, 1.54) is 0 Å². The van der Waals surface area contributed by atoms with E-state index in [1.807, 2.05) is 37.3 Å². The first-order valence-corrected chi connectivity index (χ1v) is 8.18. The van der Waals surface area contributed by atoms with E-state index in [1.54, 1.807) is 31.4 Å². The molecular weight excluding hydrogens is 338 g/mol. The summed E-state index contributed by atoms with van der Waals surface area (Å²) in [4.78, 5) is 12.1. The minimum atomic E-state index is -0.296. The summed E-state index contributed by atoms with van der Waals surface area (Å²) >= 11 is 5.09. The average Bonchev–Trinajstić information content (AvgIpc) is 2.61. The molecule has 1 amide bonds. The highest BCUT2D eigenvalue weighted by molar-refractivity contribution is 7.80. The van der Waals surface area contributed by atoms with Gasteiger partial charge in [0.1, 0.15) is 11.5 Å². The summed E-state index contributed by atoms with van der Waals surface area (Å²) in [5.74, 6) is 1.10. The Balaban J connectivity index is 1.83. The topological polar surface area (TPSA) is 71.6 Å². The molecule has 0 bridgehead atoms. The molecule has 0 unspecified atom stereocenters. The van der Waals surface area contributed by atoms with Gasteiger partial charge in [0.2, 0.25) is 0 Å². The predicted molar refractivity (Wildman–Crippen MR) is 101 cm³/mol. The van der Waals surface area contributed by atoms with Gasteiger partial charge in [-0.3, -0.25) is 15.6 Å². The Kier molecular flexibility index (Phi) is 7.18. The Morgan fingerprint density at radius 2 is 1.68 bits per heavy atom. The average molecular weight is 359 g/mol. The number of hydrogen-bond donors (Lipinski definition) is 3.